The van der Waals surface area contributed by atoms with Crippen molar-refractivity contribution in [3.05, 3.63) is 0 Å². The van der Waals surface area contributed by atoms with E-state index >= 15 is 0 Å². The number of hydrogen-bond acceptors (Lipinski definition) is 3. The minimum absolute atomic E-state index is 0.0721. The maximum atomic E-state index is 11.5. The lowest BCUT2D eigenvalue weighted by Gasteiger charge is -2.66. The van der Waals surface area contributed by atoms with E-state index in [1.165, 1.54) is 19.3 Å². The average Bonchev–Trinajstić information content (AvgIpc) is 3.01. The summed E-state index contributed by atoms with van der Waals surface area (Å²) in [7, 11) is 0. The van der Waals surface area contributed by atoms with Gasteiger partial charge in [-0.15, -0.1) is 0 Å². The maximum Gasteiger partial charge on any atom is 0.303 e. The molecule has 0 amide bonds. The third-order valence-electron chi connectivity index (χ3n) is 11.0. The zero-order chi connectivity index (χ0) is 21.2. The SMILES string of the molecule is C[C@H](CCC(=O)O)[C@H]1CC[C@H]2[C@@H]3CC[C@]4(C)C[C@H](O)CC[C@]4(C)[C@H]3C[C@H](O)[C@]12C. The molecule has 4 aliphatic carbocycles. The van der Waals surface area contributed by atoms with Crippen LogP contribution in [-0.4, -0.2) is 33.5 Å². The van der Waals surface area contributed by atoms with Gasteiger partial charge >= 0.3 is 5.97 Å². The van der Waals surface area contributed by atoms with Crippen LogP contribution < -0.4 is 0 Å². The number of rotatable bonds is 4. The summed E-state index contributed by atoms with van der Waals surface area (Å²) in [5, 5.41) is 31.0. The van der Waals surface area contributed by atoms with E-state index in [1.54, 1.807) is 0 Å². The smallest absolute Gasteiger partial charge is 0.303 e. The van der Waals surface area contributed by atoms with Crippen molar-refractivity contribution < 1.29 is 20.1 Å². The summed E-state index contributed by atoms with van der Waals surface area (Å²) in [5.74, 6) is 1.85. The molecule has 0 saturated heterocycles. The number of fused-ring (bicyclic) bond motifs is 5. The van der Waals surface area contributed by atoms with Gasteiger partial charge in [-0.3, -0.25) is 4.79 Å². The number of carboxylic acid groups (broad SMARTS) is 1. The normalized spacial score (nSPS) is 52.9. The molecule has 0 spiro atoms. The van der Waals surface area contributed by atoms with Crippen LogP contribution in [0.15, 0.2) is 0 Å². The molecule has 4 aliphatic rings. The van der Waals surface area contributed by atoms with E-state index in [9.17, 15) is 15.0 Å². The second-order valence-electron chi connectivity index (χ2n) is 12.0. The van der Waals surface area contributed by atoms with Gasteiger partial charge in [0.2, 0.25) is 0 Å². The monoisotopic (exact) mass is 406 g/mol. The topological polar surface area (TPSA) is 77.8 Å². The Labute approximate surface area is 176 Å². The molecule has 0 aliphatic heterocycles. The molecule has 0 aromatic heterocycles. The first kappa shape index (κ1) is 21.6. The van der Waals surface area contributed by atoms with E-state index in [2.05, 4.69) is 27.7 Å². The molecule has 29 heavy (non-hydrogen) atoms. The van der Waals surface area contributed by atoms with Crippen molar-refractivity contribution in [3.63, 3.8) is 0 Å². The van der Waals surface area contributed by atoms with Crippen LogP contribution in [-0.2, 0) is 4.79 Å². The standard InChI is InChI=1S/C25H42O4/c1-15(5-8-22(28)29)18-6-7-19-17-10-11-23(2)14-16(26)9-12-24(23,3)20(17)13-21(27)25(18,19)4/h15-21,26-27H,5-14H2,1-4H3,(H,28,29)/t15-,16-,17+,18-,19+,20+,21+,23-,24-,25-/m1/s1. The molecule has 166 valence electrons. The summed E-state index contributed by atoms with van der Waals surface area (Å²) < 4.78 is 0. The van der Waals surface area contributed by atoms with Crippen LogP contribution in [0.4, 0.5) is 0 Å². The summed E-state index contributed by atoms with van der Waals surface area (Å²) in [6, 6.07) is 0. The fourth-order valence-electron chi connectivity index (χ4n) is 9.09. The van der Waals surface area contributed by atoms with Crippen molar-refractivity contribution in [2.45, 2.75) is 104 Å². The second kappa shape index (κ2) is 7.22. The Morgan fingerprint density at radius 1 is 1.03 bits per heavy atom. The van der Waals surface area contributed by atoms with Crippen LogP contribution in [0.3, 0.4) is 0 Å². The quantitative estimate of drug-likeness (QED) is 0.622. The van der Waals surface area contributed by atoms with Gasteiger partial charge in [-0.05, 0) is 104 Å². The molecule has 4 nitrogen and oxygen atoms in total. The Bertz CT molecular complexity index is 649. The molecule has 4 saturated carbocycles. The lowest BCUT2D eigenvalue weighted by molar-refractivity contribution is -0.201. The van der Waals surface area contributed by atoms with Gasteiger partial charge < -0.3 is 15.3 Å². The van der Waals surface area contributed by atoms with Crippen LogP contribution in [0.25, 0.3) is 0 Å². The van der Waals surface area contributed by atoms with Gasteiger partial charge in [0, 0.05) is 6.42 Å². The van der Waals surface area contributed by atoms with E-state index in [4.69, 9.17) is 5.11 Å². The fourth-order valence-corrected chi connectivity index (χ4v) is 9.09. The zero-order valence-corrected chi connectivity index (χ0v) is 18.9. The van der Waals surface area contributed by atoms with Crippen LogP contribution in [0.2, 0.25) is 0 Å². The molecule has 0 radical (unpaired) electrons. The highest BCUT2D eigenvalue weighted by Crippen LogP contribution is 2.71. The minimum atomic E-state index is -0.709. The van der Waals surface area contributed by atoms with Gasteiger partial charge in [-0.25, -0.2) is 0 Å². The number of carbonyl (C=O) groups is 1. The summed E-state index contributed by atoms with van der Waals surface area (Å²) >= 11 is 0. The third-order valence-corrected chi connectivity index (χ3v) is 11.0. The van der Waals surface area contributed by atoms with Crippen molar-refractivity contribution in [2.75, 3.05) is 0 Å². The molecule has 0 heterocycles. The summed E-state index contributed by atoms with van der Waals surface area (Å²) in [4.78, 5) is 11.1. The maximum absolute atomic E-state index is 11.5. The van der Waals surface area contributed by atoms with E-state index in [0.717, 1.165) is 38.5 Å². The Morgan fingerprint density at radius 3 is 2.45 bits per heavy atom. The van der Waals surface area contributed by atoms with E-state index in [-0.39, 0.29) is 34.9 Å². The first-order valence-corrected chi connectivity index (χ1v) is 12.1. The van der Waals surface area contributed by atoms with Crippen molar-refractivity contribution in [3.8, 4) is 0 Å². The number of hydrogen-bond donors (Lipinski definition) is 3. The Balaban J connectivity index is 1.59. The molecule has 4 rings (SSSR count). The van der Waals surface area contributed by atoms with Crippen LogP contribution in [0.1, 0.15) is 91.9 Å². The molecule has 0 bridgehead atoms. The number of aliphatic hydroxyl groups excluding tert-OH is 2. The van der Waals surface area contributed by atoms with Crippen LogP contribution in [0.5, 0.6) is 0 Å². The lowest BCUT2D eigenvalue weighted by atomic mass is 9.39. The highest BCUT2D eigenvalue weighted by molar-refractivity contribution is 5.66. The van der Waals surface area contributed by atoms with E-state index in [0.29, 0.717) is 29.6 Å². The van der Waals surface area contributed by atoms with Gasteiger partial charge in [0.1, 0.15) is 0 Å². The highest BCUT2D eigenvalue weighted by Gasteiger charge is 2.66. The zero-order valence-electron chi connectivity index (χ0n) is 18.9. The van der Waals surface area contributed by atoms with Crippen molar-refractivity contribution >= 4 is 5.97 Å². The molecule has 4 fully saturated rings. The van der Waals surface area contributed by atoms with Gasteiger partial charge in [-0.2, -0.15) is 0 Å². The average molecular weight is 407 g/mol. The second-order valence-corrected chi connectivity index (χ2v) is 12.0. The van der Waals surface area contributed by atoms with Gasteiger partial charge in [0.05, 0.1) is 12.2 Å². The number of aliphatic hydroxyl groups is 2. The molecule has 10 atom stereocenters. The molecule has 3 N–H and O–H groups in total. The third kappa shape index (κ3) is 3.11. The van der Waals surface area contributed by atoms with Gasteiger partial charge in [0.25, 0.3) is 0 Å². The fraction of sp³-hybridized carbons (Fsp3) is 0.960. The molecule has 0 aromatic carbocycles. The predicted molar refractivity (Wildman–Crippen MR) is 113 cm³/mol. The summed E-state index contributed by atoms with van der Waals surface area (Å²) in [5.41, 5.74) is 0.327. The Morgan fingerprint density at radius 2 is 1.76 bits per heavy atom. The molecular formula is C25H42O4. The van der Waals surface area contributed by atoms with Gasteiger partial charge in [-0.1, -0.05) is 27.7 Å². The van der Waals surface area contributed by atoms with Crippen molar-refractivity contribution in [2.24, 2.45) is 45.8 Å². The van der Waals surface area contributed by atoms with Crippen molar-refractivity contribution in [1.82, 2.24) is 0 Å². The van der Waals surface area contributed by atoms with E-state index in [1.807, 2.05) is 0 Å². The first-order valence-electron chi connectivity index (χ1n) is 12.1. The molecule has 4 heteroatoms. The minimum Gasteiger partial charge on any atom is -0.481 e. The Hall–Kier alpha value is -0.610. The van der Waals surface area contributed by atoms with Crippen LogP contribution >= 0.6 is 0 Å². The number of aliphatic carboxylic acids is 1. The molecule has 0 aromatic rings. The van der Waals surface area contributed by atoms with Crippen LogP contribution in [0, 0.1) is 45.8 Å². The molecular weight excluding hydrogens is 364 g/mol. The lowest BCUT2D eigenvalue weighted by Crippen LogP contribution is -2.61. The van der Waals surface area contributed by atoms with Gasteiger partial charge in [0.15, 0.2) is 0 Å². The molecule has 0 unspecified atom stereocenters. The first-order chi connectivity index (χ1) is 13.5. The predicted octanol–water partition coefficient (Wildman–Crippen LogP) is 4.87. The Kier molecular flexibility index (Phi) is 5.38. The number of carboxylic acids is 1. The largest absolute Gasteiger partial charge is 0.481 e. The highest BCUT2D eigenvalue weighted by atomic mass is 16.4. The summed E-state index contributed by atoms with van der Waals surface area (Å²) in [6.45, 7) is 9.40. The summed E-state index contributed by atoms with van der Waals surface area (Å²) in [6.07, 6.45) is 9.05. The van der Waals surface area contributed by atoms with Crippen molar-refractivity contribution in [1.29, 1.82) is 0 Å². The van der Waals surface area contributed by atoms with E-state index < -0.39 is 5.97 Å².